The van der Waals surface area contributed by atoms with Gasteiger partial charge < -0.3 is 44.5 Å². The van der Waals surface area contributed by atoms with Crippen LogP contribution in [0.15, 0.2) is 0 Å². The Bertz CT molecular complexity index is 421. The summed E-state index contributed by atoms with van der Waals surface area (Å²) in [4.78, 5) is 0. The zero-order valence-corrected chi connectivity index (χ0v) is 15.5. The number of aliphatic hydroxyl groups excluding tert-OH is 5. The Balaban J connectivity index is 2.13. The van der Waals surface area contributed by atoms with Crippen molar-refractivity contribution in [3.05, 3.63) is 0 Å². The van der Waals surface area contributed by atoms with Gasteiger partial charge in [-0.25, -0.2) is 0 Å². The molecule has 0 spiro atoms. The van der Waals surface area contributed by atoms with E-state index in [1.807, 2.05) is 6.92 Å². The van der Waals surface area contributed by atoms with E-state index in [0.29, 0.717) is 6.61 Å². The molecular formula is C17H32O9. The minimum Gasteiger partial charge on any atom is -0.394 e. The van der Waals surface area contributed by atoms with Gasteiger partial charge in [-0.2, -0.15) is 0 Å². The molecule has 0 radical (unpaired) electrons. The molecule has 9 nitrogen and oxygen atoms in total. The lowest BCUT2D eigenvalue weighted by molar-refractivity contribution is -0.346. The molecule has 2 heterocycles. The Morgan fingerprint density at radius 3 is 1.96 bits per heavy atom. The Kier molecular flexibility index (Phi) is 8.20. The van der Waals surface area contributed by atoms with Gasteiger partial charge in [-0.1, -0.05) is 20.8 Å². The SMILES string of the molecule is CCCO[C@H]1O[C@H](CO)[C@@H](O)[C@H](O[C@H]2O[C@H](CO)[C@@H](O)[C@H](C)[C@@H]2O)[C@@H]1C. The van der Waals surface area contributed by atoms with Crippen LogP contribution in [-0.2, 0) is 18.9 Å². The van der Waals surface area contributed by atoms with Crippen molar-refractivity contribution in [2.75, 3.05) is 19.8 Å². The number of aliphatic hydroxyl groups is 5. The summed E-state index contributed by atoms with van der Waals surface area (Å²) < 4.78 is 22.6. The van der Waals surface area contributed by atoms with E-state index in [2.05, 4.69) is 0 Å². The van der Waals surface area contributed by atoms with Crippen LogP contribution in [0.5, 0.6) is 0 Å². The molecule has 2 aliphatic heterocycles. The Morgan fingerprint density at radius 1 is 0.808 bits per heavy atom. The molecule has 9 heteroatoms. The van der Waals surface area contributed by atoms with Gasteiger partial charge >= 0.3 is 0 Å². The van der Waals surface area contributed by atoms with Gasteiger partial charge in [0, 0.05) is 18.4 Å². The van der Waals surface area contributed by atoms with Gasteiger partial charge in [0.25, 0.3) is 0 Å². The molecule has 2 aliphatic rings. The predicted molar refractivity (Wildman–Crippen MR) is 89.0 cm³/mol. The highest BCUT2D eigenvalue weighted by Gasteiger charge is 2.49. The molecule has 2 rings (SSSR count). The third-order valence-corrected chi connectivity index (χ3v) is 5.16. The smallest absolute Gasteiger partial charge is 0.184 e. The van der Waals surface area contributed by atoms with E-state index in [4.69, 9.17) is 18.9 Å². The molecule has 0 aromatic carbocycles. The van der Waals surface area contributed by atoms with Crippen molar-refractivity contribution in [1.82, 2.24) is 0 Å². The van der Waals surface area contributed by atoms with Crippen molar-refractivity contribution in [3.8, 4) is 0 Å². The van der Waals surface area contributed by atoms with Crippen LogP contribution in [0.1, 0.15) is 27.2 Å². The molecule has 2 saturated heterocycles. The lowest BCUT2D eigenvalue weighted by atomic mass is 9.89. The van der Waals surface area contributed by atoms with Crippen LogP contribution in [0.25, 0.3) is 0 Å². The third-order valence-electron chi connectivity index (χ3n) is 5.16. The van der Waals surface area contributed by atoms with Gasteiger partial charge in [0.15, 0.2) is 12.6 Å². The van der Waals surface area contributed by atoms with Crippen molar-refractivity contribution >= 4 is 0 Å². The number of ether oxygens (including phenoxy) is 4. The van der Waals surface area contributed by atoms with E-state index in [0.717, 1.165) is 6.42 Å². The average molecular weight is 380 g/mol. The van der Waals surface area contributed by atoms with Gasteiger partial charge in [0.05, 0.1) is 25.4 Å². The molecule has 2 fully saturated rings. The number of hydrogen-bond acceptors (Lipinski definition) is 9. The zero-order chi connectivity index (χ0) is 19.4. The summed E-state index contributed by atoms with van der Waals surface area (Å²) in [5.74, 6) is -0.983. The fraction of sp³-hybridized carbons (Fsp3) is 1.00. The molecule has 0 unspecified atom stereocenters. The average Bonchev–Trinajstić information content (AvgIpc) is 2.64. The normalized spacial score (nSPS) is 47.1. The third kappa shape index (κ3) is 4.54. The second-order valence-corrected chi connectivity index (χ2v) is 7.11. The van der Waals surface area contributed by atoms with E-state index in [-0.39, 0.29) is 0 Å². The van der Waals surface area contributed by atoms with Gasteiger partial charge in [0.1, 0.15) is 24.4 Å². The summed E-state index contributed by atoms with van der Waals surface area (Å²) in [5, 5.41) is 49.7. The maximum atomic E-state index is 10.5. The Labute approximate surface area is 153 Å². The first-order valence-electron chi connectivity index (χ1n) is 9.19. The number of rotatable bonds is 7. The highest BCUT2D eigenvalue weighted by atomic mass is 16.7. The molecule has 0 aromatic heterocycles. The van der Waals surface area contributed by atoms with Crippen LogP contribution in [0, 0.1) is 11.8 Å². The monoisotopic (exact) mass is 380 g/mol. The zero-order valence-electron chi connectivity index (χ0n) is 15.5. The van der Waals surface area contributed by atoms with Crippen LogP contribution in [0.4, 0.5) is 0 Å². The molecule has 0 bridgehead atoms. The van der Waals surface area contributed by atoms with Crippen LogP contribution in [0.2, 0.25) is 0 Å². The first-order chi connectivity index (χ1) is 12.3. The summed E-state index contributed by atoms with van der Waals surface area (Å²) in [6.45, 7) is 4.97. The van der Waals surface area contributed by atoms with Crippen molar-refractivity contribution in [3.63, 3.8) is 0 Å². The maximum absolute atomic E-state index is 10.5. The lowest BCUT2D eigenvalue weighted by Gasteiger charge is -2.47. The molecule has 5 N–H and O–H groups in total. The van der Waals surface area contributed by atoms with Crippen LogP contribution < -0.4 is 0 Å². The number of hydrogen-bond donors (Lipinski definition) is 5. The molecule has 26 heavy (non-hydrogen) atoms. The van der Waals surface area contributed by atoms with Gasteiger partial charge in [-0.15, -0.1) is 0 Å². The van der Waals surface area contributed by atoms with E-state index in [1.54, 1.807) is 13.8 Å². The fourth-order valence-electron chi connectivity index (χ4n) is 3.37. The molecule has 0 saturated carbocycles. The van der Waals surface area contributed by atoms with E-state index < -0.39 is 74.3 Å². The largest absolute Gasteiger partial charge is 0.394 e. The van der Waals surface area contributed by atoms with E-state index >= 15 is 0 Å². The van der Waals surface area contributed by atoms with Crippen LogP contribution in [-0.4, -0.2) is 94.6 Å². The highest BCUT2D eigenvalue weighted by molar-refractivity contribution is 4.91. The Morgan fingerprint density at radius 2 is 1.38 bits per heavy atom. The van der Waals surface area contributed by atoms with Crippen LogP contribution >= 0.6 is 0 Å². The summed E-state index contributed by atoms with van der Waals surface area (Å²) in [7, 11) is 0. The van der Waals surface area contributed by atoms with E-state index in [9.17, 15) is 25.5 Å². The van der Waals surface area contributed by atoms with Gasteiger partial charge in [-0.3, -0.25) is 0 Å². The first kappa shape index (κ1) is 21.9. The van der Waals surface area contributed by atoms with Gasteiger partial charge in [0.2, 0.25) is 0 Å². The quantitative estimate of drug-likeness (QED) is 0.360. The molecule has 10 atom stereocenters. The Hall–Kier alpha value is -0.360. The fourth-order valence-corrected chi connectivity index (χ4v) is 3.37. The van der Waals surface area contributed by atoms with Crippen molar-refractivity contribution in [2.45, 2.75) is 76.4 Å². The van der Waals surface area contributed by atoms with Gasteiger partial charge in [-0.05, 0) is 6.42 Å². The first-order valence-corrected chi connectivity index (χ1v) is 9.19. The van der Waals surface area contributed by atoms with E-state index in [1.165, 1.54) is 0 Å². The molecule has 154 valence electrons. The standard InChI is InChI=1S/C17H32O9/c1-4-5-23-16-9(3)15(14(22)11(7-19)24-16)26-17-13(21)8(2)12(20)10(6-18)25-17/h8-22H,4-7H2,1-3H3/t8-,9-,10+,11+,12-,13-,14+,15+,16-,17+/m0/s1. The summed E-state index contributed by atoms with van der Waals surface area (Å²) in [6, 6.07) is 0. The topological polar surface area (TPSA) is 138 Å². The summed E-state index contributed by atoms with van der Waals surface area (Å²) >= 11 is 0. The van der Waals surface area contributed by atoms with Crippen molar-refractivity contribution in [1.29, 1.82) is 0 Å². The lowest BCUT2D eigenvalue weighted by Crippen LogP contribution is -2.61. The maximum Gasteiger partial charge on any atom is 0.184 e. The highest BCUT2D eigenvalue weighted by Crippen LogP contribution is 2.33. The summed E-state index contributed by atoms with van der Waals surface area (Å²) in [5.41, 5.74) is 0. The van der Waals surface area contributed by atoms with Crippen molar-refractivity contribution in [2.24, 2.45) is 11.8 Å². The molecule has 0 amide bonds. The molecule has 0 aliphatic carbocycles. The minimum absolute atomic E-state index is 0.398. The second kappa shape index (κ2) is 9.72. The minimum atomic E-state index is -1.15. The molecule has 0 aromatic rings. The predicted octanol–water partition coefficient (Wildman–Crippen LogP) is -1.41. The van der Waals surface area contributed by atoms with Crippen molar-refractivity contribution < 1.29 is 44.5 Å². The summed E-state index contributed by atoms with van der Waals surface area (Å²) in [6.07, 6.45) is -6.99. The molecular weight excluding hydrogens is 348 g/mol. The van der Waals surface area contributed by atoms with Crippen LogP contribution in [0.3, 0.4) is 0 Å². The second-order valence-electron chi connectivity index (χ2n) is 7.11.